The second kappa shape index (κ2) is 6.44. The third-order valence-corrected chi connectivity index (χ3v) is 3.49. The molecule has 8 heteroatoms. The second-order valence-electron chi connectivity index (χ2n) is 6.12. The summed E-state index contributed by atoms with van der Waals surface area (Å²) < 4.78 is 53.8. The number of anilines is 1. The van der Waals surface area contributed by atoms with Gasteiger partial charge in [0.25, 0.3) is 5.91 Å². The highest BCUT2D eigenvalue weighted by molar-refractivity contribution is 5.92. The number of rotatable bonds is 4. The number of benzene rings is 2. The van der Waals surface area contributed by atoms with E-state index in [2.05, 4.69) is 5.32 Å². The van der Waals surface area contributed by atoms with Gasteiger partial charge in [0.2, 0.25) is 5.79 Å². The molecular formula is C18H16F3NO4. The molecule has 2 aromatic rings. The Morgan fingerprint density at radius 3 is 2.38 bits per heavy atom. The van der Waals surface area contributed by atoms with E-state index in [1.165, 1.54) is 12.1 Å². The van der Waals surface area contributed by atoms with Crippen molar-refractivity contribution in [1.29, 1.82) is 0 Å². The molecule has 0 fully saturated rings. The maximum atomic E-state index is 12.5. The summed E-state index contributed by atoms with van der Waals surface area (Å²) in [5, 5.41) is 2.63. The standard InChI is InChI=1S/C18H16F3NO4/c1-17(2)25-14-8-5-12(9-15(14)26-17)22-16(23)10-24-13-6-3-11(4-7-13)18(19,20)21/h3-9H,10H2,1-2H3,(H,22,23). The Morgan fingerprint density at radius 1 is 1.08 bits per heavy atom. The van der Waals surface area contributed by atoms with Gasteiger partial charge in [-0.15, -0.1) is 0 Å². The molecule has 5 nitrogen and oxygen atoms in total. The highest BCUT2D eigenvalue weighted by atomic mass is 19.4. The lowest BCUT2D eigenvalue weighted by Crippen LogP contribution is -2.29. The molecule has 2 aromatic carbocycles. The third-order valence-electron chi connectivity index (χ3n) is 3.49. The summed E-state index contributed by atoms with van der Waals surface area (Å²) in [4.78, 5) is 12.0. The maximum absolute atomic E-state index is 12.5. The van der Waals surface area contributed by atoms with E-state index in [0.717, 1.165) is 12.1 Å². The summed E-state index contributed by atoms with van der Waals surface area (Å²) >= 11 is 0. The van der Waals surface area contributed by atoms with Gasteiger partial charge in [0.1, 0.15) is 5.75 Å². The summed E-state index contributed by atoms with van der Waals surface area (Å²) in [6, 6.07) is 9.08. The van der Waals surface area contributed by atoms with Crippen molar-refractivity contribution >= 4 is 11.6 Å². The zero-order valence-corrected chi connectivity index (χ0v) is 14.0. The van der Waals surface area contributed by atoms with E-state index in [1.807, 2.05) is 0 Å². The van der Waals surface area contributed by atoms with Crippen LogP contribution in [-0.2, 0) is 11.0 Å². The van der Waals surface area contributed by atoms with Crippen molar-refractivity contribution in [2.45, 2.75) is 25.8 Å². The fraction of sp³-hybridized carbons (Fsp3) is 0.278. The molecule has 0 radical (unpaired) electrons. The van der Waals surface area contributed by atoms with Crippen LogP contribution in [0.5, 0.6) is 17.2 Å². The van der Waals surface area contributed by atoms with Crippen molar-refractivity contribution in [3.8, 4) is 17.2 Å². The zero-order chi connectivity index (χ0) is 18.9. The number of halogens is 3. The number of hydrogen-bond acceptors (Lipinski definition) is 4. The van der Waals surface area contributed by atoms with Gasteiger partial charge in [-0.3, -0.25) is 4.79 Å². The summed E-state index contributed by atoms with van der Waals surface area (Å²) in [7, 11) is 0. The smallest absolute Gasteiger partial charge is 0.416 e. The first kappa shape index (κ1) is 17.9. The molecular weight excluding hydrogens is 351 g/mol. The molecule has 0 spiro atoms. The molecule has 0 unspecified atom stereocenters. The molecule has 0 saturated carbocycles. The zero-order valence-electron chi connectivity index (χ0n) is 14.0. The first-order valence-electron chi connectivity index (χ1n) is 7.74. The molecule has 0 saturated heterocycles. The number of nitrogens with one attached hydrogen (secondary N) is 1. The molecule has 0 bridgehead atoms. The molecule has 26 heavy (non-hydrogen) atoms. The van der Waals surface area contributed by atoms with E-state index in [9.17, 15) is 18.0 Å². The van der Waals surface area contributed by atoms with Crippen LogP contribution in [0.2, 0.25) is 0 Å². The Hall–Kier alpha value is -2.90. The maximum Gasteiger partial charge on any atom is 0.416 e. The molecule has 1 amide bonds. The lowest BCUT2D eigenvalue weighted by atomic mass is 10.2. The van der Waals surface area contributed by atoms with Crippen molar-refractivity contribution in [3.05, 3.63) is 48.0 Å². The van der Waals surface area contributed by atoms with Gasteiger partial charge in [0, 0.05) is 25.6 Å². The van der Waals surface area contributed by atoms with Crippen LogP contribution in [0.25, 0.3) is 0 Å². The Kier molecular flexibility index (Phi) is 4.43. The lowest BCUT2D eigenvalue weighted by Gasteiger charge is -2.16. The molecule has 1 aliphatic rings. The minimum atomic E-state index is -4.41. The van der Waals surface area contributed by atoms with Crippen LogP contribution >= 0.6 is 0 Å². The summed E-state index contributed by atoms with van der Waals surface area (Å²) in [5.41, 5.74) is -0.288. The second-order valence-corrected chi connectivity index (χ2v) is 6.12. The van der Waals surface area contributed by atoms with Crippen molar-refractivity contribution in [2.24, 2.45) is 0 Å². The molecule has 1 heterocycles. The number of carbonyl (C=O) groups excluding carboxylic acids is 1. The number of fused-ring (bicyclic) bond motifs is 1. The van der Waals surface area contributed by atoms with Gasteiger partial charge in [-0.1, -0.05) is 0 Å². The predicted octanol–water partition coefficient (Wildman–Crippen LogP) is 4.23. The fourth-order valence-electron chi connectivity index (χ4n) is 2.39. The molecule has 0 atom stereocenters. The van der Waals surface area contributed by atoms with Crippen LogP contribution in [0, 0.1) is 0 Å². The first-order chi connectivity index (χ1) is 12.1. The first-order valence-corrected chi connectivity index (χ1v) is 7.74. The monoisotopic (exact) mass is 367 g/mol. The van der Waals surface area contributed by atoms with Gasteiger partial charge < -0.3 is 19.5 Å². The number of ether oxygens (including phenoxy) is 3. The van der Waals surface area contributed by atoms with Gasteiger partial charge in [-0.2, -0.15) is 13.2 Å². The highest BCUT2D eigenvalue weighted by Crippen LogP contribution is 2.40. The quantitative estimate of drug-likeness (QED) is 0.879. The van der Waals surface area contributed by atoms with Crippen molar-refractivity contribution in [1.82, 2.24) is 0 Å². The van der Waals surface area contributed by atoms with Gasteiger partial charge in [0.15, 0.2) is 18.1 Å². The number of amides is 1. The van der Waals surface area contributed by atoms with Gasteiger partial charge in [0.05, 0.1) is 5.56 Å². The Labute approximate surface area is 147 Å². The van der Waals surface area contributed by atoms with E-state index in [1.54, 1.807) is 32.0 Å². The molecule has 138 valence electrons. The minimum absolute atomic E-state index is 0.167. The molecule has 0 aliphatic carbocycles. The Morgan fingerprint density at radius 2 is 1.73 bits per heavy atom. The fourth-order valence-corrected chi connectivity index (χ4v) is 2.39. The van der Waals surface area contributed by atoms with Crippen molar-refractivity contribution < 1.29 is 32.2 Å². The lowest BCUT2D eigenvalue weighted by molar-refractivity contribution is -0.137. The average molecular weight is 367 g/mol. The van der Waals surface area contributed by atoms with Crippen LogP contribution in [0.1, 0.15) is 19.4 Å². The topological polar surface area (TPSA) is 56.8 Å². The van der Waals surface area contributed by atoms with Crippen LogP contribution in [0.3, 0.4) is 0 Å². The molecule has 1 aliphatic heterocycles. The van der Waals surface area contributed by atoms with E-state index in [0.29, 0.717) is 17.2 Å². The Balaban J connectivity index is 1.55. The van der Waals surface area contributed by atoms with Gasteiger partial charge in [-0.25, -0.2) is 0 Å². The summed E-state index contributed by atoms with van der Waals surface area (Å²) in [6.07, 6.45) is -4.41. The Bertz CT molecular complexity index is 816. The molecule has 3 rings (SSSR count). The van der Waals surface area contributed by atoms with Crippen LogP contribution in [0.15, 0.2) is 42.5 Å². The average Bonchev–Trinajstić information content (AvgIpc) is 2.85. The van der Waals surface area contributed by atoms with Gasteiger partial charge in [-0.05, 0) is 36.4 Å². The largest absolute Gasteiger partial charge is 0.484 e. The van der Waals surface area contributed by atoms with Crippen molar-refractivity contribution in [2.75, 3.05) is 11.9 Å². The molecule has 0 aromatic heterocycles. The van der Waals surface area contributed by atoms with Crippen LogP contribution in [-0.4, -0.2) is 18.3 Å². The van der Waals surface area contributed by atoms with Gasteiger partial charge >= 0.3 is 6.18 Å². The minimum Gasteiger partial charge on any atom is -0.484 e. The van der Waals surface area contributed by atoms with E-state index in [-0.39, 0.29) is 12.4 Å². The van der Waals surface area contributed by atoms with Crippen LogP contribution in [0.4, 0.5) is 18.9 Å². The SMILES string of the molecule is CC1(C)Oc2ccc(NC(=O)COc3ccc(C(F)(F)F)cc3)cc2O1. The summed E-state index contributed by atoms with van der Waals surface area (Å²) in [6.45, 7) is 3.19. The highest BCUT2D eigenvalue weighted by Gasteiger charge is 2.32. The number of carbonyl (C=O) groups is 1. The molecule has 1 N–H and O–H groups in total. The summed E-state index contributed by atoms with van der Waals surface area (Å²) in [5.74, 6) is 0.0329. The van der Waals surface area contributed by atoms with Crippen molar-refractivity contribution in [3.63, 3.8) is 0 Å². The predicted molar refractivity (Wildman–Crippen MR) is 87.3 cm³/mol. The van der Waals surface area contributed by atoms with E-state index in [4.69, 9.17) is 14.2 Å². The normalized spacial score (nSPS) is 14.8. The van der Waals surface area contributed by atoms with Crippen LogP contribution < -0.4 is 19.5 Å². The van der Waals surface area contributed by atoms with E-state index < -0.39 is 23.4 Å². The number of alkyl halides is 3. The number of hydrogen-bond donors (Lipinski definition) is 1. The third kappa shape index (κ3) is 4.19. The van der Waals surface area contributed by atoms with E-state index >= 15 is 0 Å².